The van der Waals surface area contributed by atoms with Crippen molar-refractivity contribution in [1.82, 2.24) is 0 Å². The van der Waals surface area contributed by atoms with Crippen LogP contribution in [0.3, 0.4) is 0 Å². The van der Waals surface area contributed by atoms with E-state index in [4.69, 9.17) is 15.2 Å². The van der Waals surface area contributed by atoms with Gasteiger partial charge in [0, 0.05) is 17.5 Å². The van der Waals surface area contributed by atoms with Crippen molar-refractivity contribution in [2.45, 2.75) is 29.6 Å². The lowest BCUT2D eigenvalue weighted by atomic mass is 9.64. The molecule has 1 aliphatic rings. The van der Waals surface area contributed by atoms with E-state index in [2.05, 4.69) is 12.3 Å². The van der Waals surface area contributed by atoms with Crippen LogP contribution in [0.1, 0.15) is 24.8 Å². The largest absolute Gasteiger partial charge is 0.497 e. The van der Waals surface area contributed by atoms with Crippen molar-refractivity contribution in [1.29, 1.82) is 0 Å². The van der Waals surface area contributed by atoms with Gasteiger partial charge in [-0.15, -0.1) is 11.8 Å². The molecular weight excluding hydrogens is 246 g/mol. The molecule has 0 amide bonds. The molecule has 2 N–H and O–H groups in total. The highest BCUT2D eigenvalue weighted by molar-refractivity contribution is 7.98. The van der Waals surface area contributed by atoms with Gasteiger partial charge in [0.05, 0.1) is 19.1 Å². The Kier molecular flexibility index (Phi) is 4.07. The molecule has 1 aromatic carbocycles. The van der Waals surface area contributed by atoms with Crippen LogP contribution in [0.4, 0.5) is 0 Å². The highest BCUT2D eigenvalue weighted by atomic mass is 32.2. The van der Waals surface area contributed by atoms with Gasteiger partial charge in [0.25, 0.3) is 0 Å². The fourth-order valence-corrected chi connectivity index (χ4v) is 3.25. The Morgan fingerprint density at radius 3 is 2.39 bits per heavy atom. The lowest BCUT2D eigenvalue weighted by molar-refractivity contribution is 0.241. The minimum absolute atomic E-state index is 0.0877. The Labute approximate surface area is 113 Å². The van der Waals surface area contributed by atoms with Crippen LogP contribution in [0.25, 0.3) is 0 Å². The molecule has 0 bridgehead atoms. The van der Waals surface area contributed by atoms with Gasteiger partial charge in [0.1, 0.15) is 11.5 Å². The van der Waals surface area contributed by atoms with Gasteiger partial charge < -0.3 is 15.2 Å². The average molecular weight is 267 g/mol. The quantitative estimate of drug-likeness (QED) is 0.833. The number of benzene rings is 1. The first kappa shape index (κ1) is 13.6. The minimum atomic E-state index is 0.0877. The summed E-state index contributed by atoms with van der Waals surface area (Å²) in [6.07, 6.45) is 5.57. The van der Waals surface area contributed by atoms with Crippen LogP contribution >= 0.6 is 11.8 Å². The smallest absolute Gasteiger partial charge is 0.136 e. The summed E-state index contributed by atoms with van der Waals surface area (Å²) in [4.78, 5) is 1.12. The molecule has 0 saturated heterocycles. The Morgan fingerprint density at radius 1 is 1.28 bits per heavy atom. The summed E-state index contributed by atoms with van der Waals surface area (Å²) in [5.74, 6) is 1.85. The second kappa shape index (κ2) is 5.41. The Hall–Kier alpha value is -0.870. The van der Waals surface area contributed by atoms with E-state index < -0.39 is 0 Å². The zero-order valence-electron chi connectivity index (χ0n) is 11.3. The molecule has 1 aromatic rings. The lowest BCUT2D eigenvalue weighted by Crippen LogP contribution is -2.41. The number of methoxy groups -OCH3 is 2. The molecule has 0 heterocycles. The van der Waals surface area contributed by atoms with Crippen molar-refractivity contribution in [2.75, 3.05) is 27.0 Å². The zero-order valence-corrected chi connectivity index (χ0v) is 12.1. The molecule has 4 heteroatoms. The van der Waals surface area contributed by atoms with E-state index in [9.17, 15) is 0 Å². The summed E-state index contributed by atoms with van der Waals surface area (Å²) in [5.41, 5.74) is 7.30. The van der Waals surface area contributed by atoms with Gasteiger partial charge in [-0.2, -0.15) is 0 Å². The number of nitrogens with two attached hydrogens (primary N) is 1. The van der Waals surface area contributed by atoms with Crippen LogP contribution < -0.4 is 15.2 Å². The maximum Gasteiger partial charge on any atom is 0.136 e. The molecular formula is C14H21NO2S. The molecule has 0 atom stereocenters. The molecule has 0 aliphatic heterocycles. The molecule has 0 aromatic heterocycles. The van der Waals surface area contributed by atoms with Crippen LogP contribution in [-0.2, 0) is 5.41 Å². The summed E-state index contributed by atoms with van der Waals surface area (Å²) in [6.45, 7) is 0.671. The highest BCUT2D eigenvalue weighted by Gasteiger charge is 2.40. The predicted molar refractivity (Wildman–Crippen MR) is 75.9 cm³/mol. The van der Waals surface area contributed by atoms with Gasteiger partial charge in [0.2, 0.25) is 0 Å². The van der Waals surface area contributed by atoms with Gasteiger partial charge in [-0.25, -0.2) is 0 Å². The van der Waals surface area contributed by atoms with E-state index in [1.54, 1.807) is 26.0 Å². The molecule has 1 fully saturated rings. The van der Waals surface area contributed by atoms with Crippen molar-refractivity contribution < 1.29 is 9.47 Å². The first-order valence-electron chi connectivity index (χ1n) is 6.21. The van der Waals surface area contributed by atoms with E-state index in [0.29, 0.717) is 6.54 Å². The molecule has 1 aliphatic carbocycles. The van der Waals surface area contributed by atoms with Gasteiger partial charge in [-0.3, -0.25) is 0 Å². The predicted octanol–water partition coefficient (Wildman–Crippen LogP) is 2.81. The normalized spacial score (nSPS) is 17.1. The number of rotatable bonds is 5. The first-order valence-corrected chi connectivity index (χ1v) is 7.44. The topological polar surface area (TPSA) is 44.5 Å². The number of ether oxygens (including phenoxy) is 2. The van der Waals surface area contributed by atoms with Gasteiger partial charge in [-0.1, -0.05) is 6.42 Å². The van der Waals surface area contributed by atoms with Crippen LogP contribution in [0.5, 0.6) is 11.5 Å². The van der Waals surface area contributed by atoms with Crippen molar-refractivity contribution in [3.05, 3.63) is 17.7 Å². The van der Waals surface area contributed by atoms with Crippen LogP contribution in [-0.4, -0.2) is 27.0 Å². The molecule has 3 nitrogen and oxygen atoms in total. The van der Waals surface area contributed by atoms with Gasteiger partial charge >= 0.3 is 0 Å². The van der Waals surface area contributed by atoms with Gasteiger partial charge in [0.15, 0.2) is 0 Å². The van der Waals surface area contributed by atoms with Crippen molar-refractivity contribution in [2.24, 2.45) is 5.73 Å². The molecule has 0 spiro atoms. The van der Waals surface area contributed by atoms with Crippen molar-refractivity contribution in [3.8, 4) is 11.5 Å². The Bertz CT molecular complexity index is 425. The maximum atomic E-state index is 6.00. The van der Waals surface area contributed by atoms with Crippen LogP contribution in [0.15, 0.2) is 17.0 Å². The second-order valence-electron chi connectivity index (χ2n) is 4.75. The Morgan fingerprint density at radius 2 is 2.00 bits per heavy atom. The summed E-state index contributed by atoms with van der Waals surface area (Å²) in [6, 6.07) is 4.11. The summed E-state index contributed by atoms with van der Waals surface area (Å²) >= 11 is 1.68. The molecule has 1 saturated carbocycles. The summed E-state index contributed by atoms with van der Waals surface area (Å²) in [5, 5.41) is 0. The third-order valence-electron chi connectivity index (χ3n) is 3.96. The van der Waals surface area contributed by atoms with Crippen LogP contribution in [0, 0.1) is 0 Å². The molecule has 100 valence electrons. The van der Waals surface area contributed by atoms with Gasteiger partial charge in [-0.05, 0) is 31.2 Å². The Balaban J connectivity index is 2.56. The lowest BCUT2D eigenvalue weighted by Gasteiger charge is -2.42. The fraction of sp³-hybridized carbons (Fsp3) is 0.571. The van der Waals surface area contributed by atoms with E-state index >= 15 is 0 Å². The zero-order chi connectivity index (χ0) is 13.2. The van der Waals surface area contributed by atoms with E-state index in [0.717, 1.165) is 29.2 Å². The van der Waals surface area contributed by atoms with E-state index in [1.165, 1.54) is 12.0 Å². The summed E-state index contributed by atoms with van der Waals surface area (Å²) < 4.78 is 11.0. The molecule has 0 radical (unpaired) electrons. The third-order valence-corrected chi connectivity index (χ3v) is 4.70. The molecule has 2 rings (SSSR count). The highest BCUT2D eigenvalue weighted by Crippen LogP contribution is 2.49. The van der Waals surface area contributed by atoms with E-state index in [1.807, 2.05) is 6.07 Å². The number of thioether (sulfide) groups is 1. The second-order valence-corrected chi connectivity index (χ2v) is 5.60. The fourth-order valence-electron chi connectivity index (χ4n) is 2.64. The monoisotopic (exact) mass is 267 g/mol. The maximum absolute atomic E-state index is 6.00. The number of hydrogen-bond acceptors (Lipinski definition) is 4. The number of hydrogen-bond donors (Lipinski definition) is 1. The van der Waals surface area contributed by atoms with Crippen molar-refractivity contribution >= 4 is 11.8 Å². The standard InChI is InChI=1S/C14H21NO2S/c1-16-10-7-11(14(9-15)5-4-6-14)13(17-2)12(8-10)18-3/h7-8H,4-6,9,15H2,1-3H3. The summed E-state index contributed by atoms with van der Waals surface area (Å²) in [7, 11) is 3.43. The molecule has 0 unspecified atom stereocenters. The van der Waals surface area contributed by atoms with Crippen molar-refractivity contribution in [3.63, 3.8) is 0 Å². The van der Waals surface area contributed by atoms with E-state index in [-0.39, 0.29) is 5.41 Å². The van der Waals surface area contributed by atoms with Crippen LogP contribution in [0.2, 0.25) is 0 Å². The first-order chi connectivity index (χ1) is 8.70. The molecule has 18 heavy (non-hydrogen) atoms. The minimum Gasteiger partial charge on any atom is -0.497 e. The SMILES string of the molecule is COc1cc(SC)c(OC)c(C2(CN)CCC2)c1. The third kappa shape index (κ3) is 2.08. The average Bonchev–Trinajstić information content (AvgIpc) is 2.37.